The van der Waals surface area contributed by atoms with E-state index in [1.54, 1.807) is 17.6 Å². The number of para-hydroxylation sites is 1. The maximum absolute atomic E-state index is 13.2. The Hall–Kier alpha value is -3.03. The Morgan fingerprint density at radius 1 is 1.21 bits per heavy atom. The molecule has 7 heteroatoms. The van der Waals surface area contributed by atoms with Crippen LogP contribution < -0.4 is 11.7 Å². The van der Waals surface area contributed by atoms with E-state index in [1.807, 2.05) is 18.2 Å². The van der Waals surface area contributed by atoms with Crippen LogP contribution in [0.25, 0.3) is 22.3 Å². The molecule has 0 spiro atoms. The van der Waals surface area contributed by atoms with Crippen LogP contribution in [0.4, 0.5) is 0 Å². The molecule has 2 aliphatic heterocycles. The van der Waals surface area contributed by atoms with E-state index in [2.05, 4.69) is 13.0 Å². The molecule has 0 radical (unpaired) electrons. The van der Waals surface area contributed by atoms with Gasteiger partial charge in [0.1, 0.15) is 6.61 Å². The van der Waals surface area contributed by atoms with Gasteiger partial charge in [0.25, 0.3) is 5.56 Å². The Morgan fingerprint density at radius 3 is 2.69 bits per heavy atom. The molecule has 2 aromatic heterocycles. The first-order chi connectivity index (χ1) is 13.5. The predicted molar refractivity (Wildman–Crippen MR) is 109 cm³/mol. The van der Waals surface area contributed by atoms with Crippen molar-refractivity contribution in [3.05, 3.63) is 62.9 Å². The summed E-state index contributed by atoms with van der Waals surface area (Å²) in [5.41, 5.74) is 3.18. The van der Waals surface area contributed by atoms with Gasteiger partial charge in [-0.15, -0.1) is 0 Å². The Bertz CT molecular complexity index is 1230. The number of nitrogens with zero attached hydrogens (tertiary/aromatic N) is 2. The standard InChI is InChI=1S/C22H20N2O4.H3N/c1-3-12-13-7-5-6-8-17(13)23-19-14(12)10-24-18(19)9-16-15(20(24)25)11-28-21(26)22(16,27)4-2;/h5-9,27H,3-4,10-11H2,1-2H3;1H3. The fraction of sp³-hybridized carbons (Fsp3) is 0.318. The first kappa shape index (κ1) is 19.3. The van der Waals surface area contributed by atoms with Gasteiger partial charge in [-0.1, -0.05) is 32.0 Å². The number of fused-ring (bicyclic) bond motifs is 5. The van der Waals surface area contributed by atoms with E-state index in [4.69, 9.17) is 9.72 Å². The molecule has 4 N–H and O–H groups in total. The zero-order valence-electron chi connectivity index (χ0n) is 16.5. The summed E-state index contributed by atoms with van der Waals surface area (Å²) in [5, 5.41) is 12.0. The first-order valence-electron chi connectivity index (χ1n) is 9.57. The molecule has 150 valence electrons. The molecule has 0 aliphatic carbocycles. The zero-order chi connectivity index (χ0) is 19.6. The van der Waals surface area contributed by atoms with E-state index in [0.717, 1.165) is 28.6 Å². The van der Waals surface area contributed by atoms with Gasteiger partial charge in [0.15, 0.2) is 5.60 Å². The quantitative estimate of drug-likeness (QED) is 0.506. The minimum atomic E-state index is -1.80. The van der Waals surface area contributed by atoms with E-state index in [9.17, 15) is 14.7 Å². The minimum Gasteiger partial charge on any atom is -0.458 e. The molecule has 1 aromatic carbocycles. The highest BCUT2D eigenvalue weighted by molar-refractivity contribution is 5.89. The molecule has 2 aliphatic rings. The van der Waals surface area contributed by atoms with Crippen LogP contribution in [0, 0.1) is 0 Å². The van der Waals surface area contributed by atoms with Crippen LogP contribution in [0.5, 0.6) is 0 Å². The Balaban J connectivity index is 0.00000205. The van der Waals surface area contributed by atoms with Gasteiger partial charge in [-0.2, -0.15) is 0 Å². The summed E-state index contributed by atoms with van der Waals surface area (Å²) < 4.78 is 6.80. The van der Waals surface area contributed by atoms with Gasteiger partial charge >= 0.3 is 5.97 Å². The average molecular weight is 393 g/mol. The number of carbonyl (C=O) groups is 1. The van der Waals surface area contributed by atoms with Gasteiger partial charge in [0.05, 0.1) is 29.0 Å². The van der Waals surface area contributed by atoms with Crippen LogP contribution >= 0.6 is 0 Å². The largest absolute Gasteiger partial charge is 0.458 e. The topological polar surface area (TPSA) is 116 Å². The summed E-state index contributed by atoms with van der Waals surface area (Å²) >= 11 is 0. The number of benzene rings is 1. The van der Waals surface area contributed by atoms with E-state index >= 15 is 0 Å². The number of hydrogen-bond donors (Lipinski definition) is 2. The SMILES string of the molecule is CCc1c2c(nc3ccccc13)-c1cc3c(c(=O)n1C2)COC(=O)C3(O)CC.N. The molecular formula is C22H23N3O4. The summed E-state index contributed by atoms with van der Waals surface area (Å²) in [7, 11) is 0. The number of aryl methyl sites for hydroxylation is 1. The molecule has 0 saturated heterocycles. The molecule has 0 saturated carbocycles. The minimum absolute atomic E-state index is 0. The number of hydrogen-bond acceptors (Lipinski definition) is 6. The maximum Gasteiger partial charge on any atom is 0.343 e. The van der Waals surface area contributed by atoms with Crippen LogP contribution in [-0.2, 0) is 34.7 Å². The molecule has 1 atom stereocenters. The Labute approximate surface area is 167 Å². The molecule has 0 fully saturated rings. The van der Waals surface area contributed by atoms with E-state index in [-0.39, 0.29) is 24.7 Å². The molecule has 0 amide bonds. The van der Waals surface area contributed by atoms with Crippen molar-refractivity contribution >= 4 is 16.9 Å². The van der Waals surface area contributed by atoms with Gasteiger partial charge in [-0.3, -0.25) is 4.79 Å². The highest BCUT2D eigenvalue weighted by Crippen LogP contribution is 2.40. The maximum atomic E-state index is 13.2. The van der Waals surface area contributed by atoms with E-state index in [1.165, 1.54) is 5.56 Å². The summed E-state index contributed by atoms with van der Waals surface area (Å²) in [6.07, 6.45) is 0.967. The fourth-order valence-electron chi connectivity index (χ4n) is 4.52. The number of rotatable bonds is 2. The van der Waals surface area contributed by atoms with Gasteiger partial charge < -0.3 is 20.6 Å². The van der Waals surface area contributed by atoms with Gasteiger partial charge in [-0.25, -0.2) is 9.78 Å². The fourth-order valence-corrected chi connectivity index (χ4v) is 4.52. The summed E-state index contributed by atoms with van der Waals surface area (Å²) in [4.78, 5) is 30.3. The van der Waals surface area contributed by atoms with Crippen molar-refractivity contribution in [2.75, 3.05) is 0 Å². The van der Waals surface area contributed by atoms with Crippen LogP contribution in [0.1, 0.15) is 42.5 Å². The second-order valence-electron chi connectivity index (χ2n) is 7.39. The highest BCUT2D eigenvalue weighted by Gasteiger charge is 2.45. The molecule has 7 nitrogen and oxygen atoms in total. The number of aliphatic hydroxyl groups is 1. The third kappa shape index (κ3) is 2.41. The molecular weight excluding hydrogens is 370 g/mol. The lowest BCUT2D eigenvalue weighted by atomic mass is 9.86. The Kier molecular flexibility index (Phi) is 4.33. The lowest BCUT2D eigenvalue weighted by Crippen LogP contribution is -2.44. The van der Waals surface area contributed by atoms with Crippen molar-refractivity contribution in [1.82, 2.24) is 15.7 Å². The lowest BCUT2D eigenvalue weighted by molar-refractivity contribution is -0.172. The van der Waals surface area contributed by atoms with E-state index < -0.39 is 11.6 Å². The predicted octanol–water partition coefficient (Wildman–Crippen LogP) is 2.80. The van der Waals surface area contributed by atoms with Gasteiger partial charge in [-0.05, 0) is 30.5 Å². The number of cyclic esters (lactones) is 1. The van der Waals surface area contributed by atoms with Crippen LogP contribution in [0.3, 0.4) is 0 Å². The first-order valence-corrected chi connectivity index (χ1v) is 9.57. The summed E-state index contributed by atoms with van der Waals surface area (Å²) in [5.74, 6) is -0.703. The number of ether oxygens (including phenoxy) is 1. The molecule has 5 rings (SSSR count). The number of pyridine rings is 2. The number of aromatic nitrogens is 2. The third-order valence-electron chi connectivity index (χ3n) is 6.07. The molecule has 1 unspecified atom stereocenters. The molecule has 3 aromatic rings. The second-order valence-corrected chi connectivity index (χ2v) is 7.39. The lowest BCUT2D eigenvalue weighted by Gasteiger charge is -2.31. The van der Waals surface area contributed by atoms with Crippen LogP contribution in [0.2, 0.25) is 0 Å². The van der Waals surface area contributed by atoms with Gasteiger partial charge in [0, 0.05) is 16.5 Å². The highest BCUT2D eigenvalue weighted by atomic mass is 16.6. The van der Waals surface area contributed by atoms with Crippen molar-refractivity contribution in [3.8, 4) is 11.4 Å². The Morgan fingerprint density at radius 2 is 1.97 bits per heavy atom. The van der Waals surface area contributed by atoms with Crippen molar-refractivity contribution in [2.24, 2.45) is 0 Å². The summed E-state index contributed by atoms with van der Waals surface area (Å²) in [6.45, 7) is 4.13. The average Bonchev–Trinajstić information content (AvgIpc) is 3.08. The smallest absolute Gasteiger partial charge is 0.343 e. The van der Waals surface area contributed by atoms with Crippen LogP contribution in [0.15, 0.2) is 35.1 Å². The van der Waals surface area contributed by atoms with E-state index in [0.29, 0.717) is 23.4 Å². The van der Waals surface area contributed by atoms with Crippen molar-refractivity contribution in [2.45, 2.75) is 45.4 Å². The third-order valence-corrected chi connectivity index (χ3v) is 6.07. The number of carbonyl (C=O) groups excluding carboxylic acids is 1. The van der Waals surface area contributed by atoms with Crippen LogP contribution in [-0.4, -0.2) is 20.6 Å². The van der Waals surface area contributed by atoms with Gasteiger partial charge in [0.2, 0.25) is 0 Å². The monoisotopic (exact) mass is 393 g/mol. The molecule has 0 bridgehead atoms. The number of esters is 1. The molecule has 29 heavy (non-hydrogen) atoms. The molecule has 4 heterocycles. The summed E-state index contributed by atoms with van der Waals surface area (Å²) in [6, 6.07) is 9.72. The van der Waals surface area contributed by atoms with Crippen molar-refractivity contribution in [1.29, 1.82) is 0 Å². The van der Waals surface area contributed by atoms with Crippen molar-refractivity contribution < 1.29 is 14.6 Å². The van der Waals surface area contributed by atoms with Crippen molar-refractivity contribution in [3.63, 3.8) is 0 Å². The normalized spacial score (nSPS) is 19.2. The zero-order valence-corrected chi connectivity index (χ0v) is 16.5. The second kappa shape index (κ2) is 6.50.